The number of nitrogens with one attached hydrogen (secondary N) is 1. The van der Waals surface area contributed by atoms with Crippen LogP contribution in [0.4, 0.5) is 17.1 Å². The zero-order chi connectivity index (χ0) is 25.0. The van der Waals surface area contributed by atoms with Crippen LogP contribution in [-0.2, 0) is 0 Å². The number of para-hydroxylation sites is 1. The van der Waals surface area contributed by atoms with Crippen molar-refractivity contribution in [2.45, 2.75) is 13.8 Å². The van der Waals surface area contributed by atoms with Crippen LogP contribution >= 0.6 is 18.7 Å². The molecule has 5 rings (SSSR count). The van der Waals surface area contributed by atoms with Gasteiger partial charge in [0, 0.05) is 26.6 Å². The summed E-state index contributed by atoms with van der Waals surface area (Å²) in [6.45, 7) is 4.23. The molecule has 0 saturated carbocycles. The van der Waals surface area contributed by atoms with Gasteiger partial charge in [0.25, 0.3) is 0 Å². The standard InChI is InChI=1S/C32H28ClN2P/c1-24-13-12-14-25(2)32(24)34-31-23-26(33)21-22-30(31)35-36(27-15-6-3-7-16-27,28-17-8-4-9-18-28)29-19-10-5-11-20-29/h3-23,34H,1-2H3. The quantitative estimate of drug-likeness (QED) is 0.229. The number of benzene rings is 5. The van der Waals surface area contributed by atoms with Crippen molar-refractivity contribution in [3.63, 3.8) is 0 Å². The molecular weight excluding hydrogens is 479 g/mol. The number of anilines is 2. The van der Waals surface area contributed by atoms with E-state index in [-0.39, 0.29) is 0 Å². The van der Waals surface area contributed by atoms with Gasteiger partial charge in [0.15, 0.2) is 0 Å². The van der Waals surface area contributed by atoms with Gasteiger partial charge in [-0.2, -0.15) is 0 Å². The van der Waals surface area contributed by atoms with Gasteiger partial charge in [-0.15, -0.1) is 0 Å². The smallest absolute Gasteiger partial charge is 0.0861 e. The molecule has 0 aliphatic carbocycles. The first-order valence-electron chi connectivity index (χ1n) is 12.0. The van der Waals surface area contributed by atoms with Gasteiger partial charge in [-0.3, -0.25) is 4.74 Å². The lowest BCUT2D eigenvalue weighted by atomic mass is 10.1. The van der Waals surface area contributed by atoms with Crippen LogP contribution in [0.5, 0.6) is 0 Å². The summed E-state index contributed by atoms with van der Waals surface area (Å²) in [4.78, 5) is 0. The number of halogens is 1. The largest absolute Gasteiger partial charge is 0.353 e. The SMILES string of the molecule is Cc1cccc(C)c1Nc1cc(Cl)ccc1N=P(c1ccccc1)(c1ccccc1)c1ccccc1. The molecule has 5 aromatic rings. The number of aryl methyl sites for hydroxylation is 2. The van der Waals surface area contributed by atoms with Gasteiger partial charge >= 0.3 is 0 Å². The second-order valence-electron chi connectivity index (χ2n) is 8.80. The zero-order valence-electron chi connectivity index (χ0n) is 20.4. The van der Waals surface area contributed by atoms with E-state index in [1.165, 1.54) is 27.0 Å². The first-order valence-corrected chi connectivity index (χ1v) is 14.1. The minimum Gasteiger partial charge on any atom is -0.353 e. The highest BCUT2D eigenvalue weighted by Gasteiger charge is 2.28. The van der Waals surface area contributed by atoms with Gasteiger partial charge in [-0.25, -0.2) is 0 Å². The molecule has 0 fully saturated rings. The maximum atomic E-state index is 6.51. The molecule has 178 valence electrons. The highest BCUT2D eigenvalue weighted by Crippen LogP contribution is 2.51. The van der Waals surface area contributed by atoms with Crippen molar-refractivity contribution in [3.8, 4) is 0 Å². The van der Waals surface area contributed by atoms with Crippen molar-refractivity contribution in [1.29, 1.82) is 0 Å². The highest BCUT2D eigenvalue weighted by atomic mass is 35.5. The first-order chi connectivity index (χ1) is 17.6. The fraction of sp³-hybridized carbons (Fsp3) is 0.0625. The second-order valence-corrected chi connectivity index (χ2v) is 12.3. The van der Waals surface area contributed by atoms with Crippen LogP contribution in [0.25, 0.3) is 0 Å². The van der Waals surface area contributed by atoms with Gasteiger partial charge in [0.05, 0.1) is 18.4 Å². The Kier molecular flexibility index (Phi) is 7.09. The summed E-state index contributed by atoms with van der Waals surface area (Å²) < 4.78 is 5.69. The van der Waals surface area contributed by atoms with Crippen LogP contribution in [0.1, 0.15) is 11.1 Å². The Morgan fingerprint density at radius 1 is 0.583 bits per heavy atom. The molecule has 5 aromatic carbocycles. The third-order valence-corrected chi connectivity index (χ3v) is 10.2. The summed E-state index contributed by atoms with van der Waals surface area (Å²) in [5, 5.41) is 7.95. The van der Waals surface area contributed by atoms with E-state index in [1.54, 1.807) is 0 Å². The number of hydrogen-bond donors (Lipinski definition) is 1. The Hall–Kier alpha value is -3.58. The molecule has 0 radical (unpaired) electrons. The van der Waals surface area contributed by atoms with Gasteiger partial charge in [-0.1, -0.05) is 121 Å². The van der Waals surface area contributed by atoms with E-state index in [4.69, 9.17) is 16.3 Å². The van der Waals surface area contributed by atoms with E-state index in [0.29, 0.717) is 5.02 Å². The summed E-state index contributed by atoms with van der Waals surface area (Å²) in [6, 6.07) is 44.2. The number of nitrogens with zero attached hydrogens (tertiary/aromatic N) is 1. The molecule has 0 amide bonds. The molecule has 0 bridgehead atoms. The van der Waals surface area contributed by atoms with E-state index in [0.717, 1.165) is 17.1 Å². The van der Waals surface area contributed by atoms with E-state index in [1.807, 2.05) is 18.2 Å². The van der Waals surface area contributed by atoms with E-state index < -0.39 is 7.05 Å². The summed E-state index contributed by atoms with van der Waals surface area (Å²) >= 11 is 6.51. The lowest BCUT2D eigenvalue weighted by Gasteiger charge is -2.27. The molecular formula is C32H28ClN2P. The van der Waals surface area contributed by atoms with Crippen molar-refractivity contribution in [3.05, 3.63) is 144 Å². The molecule has 0 aliphatic heterocycles. The molecule has 1 N–H and O–H groups in total. The van der Waals surface area contributed by atoms with Gasteiger partial charge < -0.3 is 5.32 Å². The molecule has 0 aromatic heterocycles. The normalized spacial score (nSPS) is 11.2. The Labute approximate surface area is 218 Å². The van der Waals surface area contributed by atoms with E-state index >= 15 is 0 Å². The Morgan fingerprint density at radius 2 is 1.06 bits per heavy atom. The third-order valence-electron chi connectivity index (χ3n) is 6.35. The highest BCUT2D eigenvalue weighted by molar-refractivity contribution is 7.87. The minimum atomic E-state index is -2.40. The average molecular weight is 507 g/mol. The maximum absolute atomic E-state index is 6.51. The second kappa shape index (κ2) is 10.6. The van der Waals surface area contributed by atoms with Crippen LogP contribution in [0.3, 0.4) is 0 Å². The van der Waals surface area contributed by atoms with E-state index in [2.05, 4.69) is 128 Å². The van der Waals surface area contributed by atoms with Gasteiger partial charge in [0.1, 0.15) is 0 Å². The number of rotatable bonds is 6. The predicted molar refractivity (Wildman–Crippen MR) is 158 cm³/mol. The van der Waals surface area contributed by atoms with Crippen molar-refractivity contribution in [2.75, 3.05) is 5.32 Å². The average Bonchev–Trinajstić information content (AvgIpc) is 2.92. The first kappa shape index (κ1) is 24.1. The molecule has 0 heterocycles. The summed E-state index contributed by atoms with van der Waals surface area (Å²) in [5.74, 6) is 0. The van der Waals surface area contributed by atoms with Crippen molar-refractivity contribution >= 4 is 51.6 Å². The van der Waals surface area contributed by atoms with E-state index in [9.17, 15) is 0 Å². The molecule has 0 aliphatic rings. The van der Waals surface area contributed by atoms with Crippen LogP contribution < -0.4 is 21.2 Å². The van der Waals surface area contributed by atoms with Crippen molar-refractivity contribution < 1.29 is 0 Å². The minimum absolute atomic E-state index is 0.672. The van der Waals surface area contributed by atoms with Crippen molar-refractivity contribution in [1.82, 2.24) is 0 Å². The third kappa shape index (κ3) is 4.75. The van der Waals surface area contributed by atoms with Gasteiger partial charge in [0.2, 0.25) is 0 Å². The molecule has 36 heavy (non-hydrogen) atoms. The Balaban J connectivity index is 1.84. The Bertz CT molecular complexity index is 1410. The molecule has 2 nitrogen and oxygen atoms in total. The maximum Gasteiger partial charge on any atom is 0.0861 e. The molecule has 0 atom stereocenters. The lowest BCUT2D eigenvalue weighted by Crippen LogP contribution is -2.25. The molecule has 0 spiro atoms. The van der Waals surface area contributed by atoms with Crippen LogP contribution in [0.2, 0.25) is 5.02 Å². The Morgan fingerprint density at radius 3 is 1.53 bits per heavy atom. The number of hydrogen-bond acceptors (Lipinski definition) is 2. The molecule has 0 unspecified atom stereocenters. The van der Waals surface area contributed by atoms with Crippen LogP contribution in [-0.4, -0.2) is 0 Å². The zero-order valence-corrected chi connectivity index (χ0v) is 22.0. The monoisotopic (exact) mass is 506 g/mol. The fourth-order valence-corrected chi connectivity index (χ4v) is 8.28. The van der Waals surface area contributed by atoms with Crippen LogP contribution in [0.15, 0.2) is 132 Å². The van der Waals surface area contributed by atoms with Crippen LogP contribution in [0, 0.1) is 13.8 Å². The van der Waals surface area contributed by atoms with Gasteiger partial charge in [-0.05, 0) is 43.2 Å². The van der Waals surface area contributed by atoms with Crippen molar-refractivity contribution in [2.24, 2.45) is 4.74 Å². The fourth-order valence-electron chi connectivity index (χ4n) is 4.56. The lowest BCUT2D eigenvalue weighted by molar-refractivity contribution is 1.35. The summed E-state index contributed by atoms with van der Waals surface area (Å²) in [6.07, 6.45) is 0. The molecule has 4 heteroatoms. The summed E-state index contributed by atoms with van der Waals surface area (Å²) in [5.41, 5.74) is 5.21. The molecule has 0 saturated heterocycles. The summed E-state index contributed by atoms with van der Waals surface area (Å²) in [7, 11) is -2.40. The topological polar surface area (TPSA) is 24.4 Å². The predicted octanol–water partition coefficient (Wildman–Crippen LogP) is 8.51.